The second-order valence-corrected chi connectivity index (χ2v) is 14.7. The molecule has 0 aliphatic carbocycles. The van der Waals surface area contributed by atoms with E-state index in [1.807, 2.05) is 96.6 Å². The molecule has 4 N–H and O–H groups in total. The van der Waals surface area contributed by atoms with Crippen molar-refractivity contribution in [2.75, 3.05) is 38.9 Å². The molecule has 0 saturated heterocycles. The predicted octanol–water partition coefficient (Wildman–Crippen LogP) is 6.40. The van der Waals surface area contributed by atoms with Gasteiger partial charge in [-0.1, -0.05) is 48.6 Å². The van der Waals surface area contributed by atoms with Crippen molar-refractivity contribution in [3.63, 3.8) is 0 Å². The minimum absolute atomic E-state index is 0.0844. The molecule has 5 amide bonds. The molecule has 1 aliphatic rings. The Labute approximate surface area is 358 Å². The van der Waals surface area contributed by atoms with Gasteiger partial charge < -0.3 is 35.5 Å². The van der Waals surface area contributed by atoms with E-state index >= 15 is 0 Å². The number of methoxy groups -OCH3 is 2. The van der Waals surface area contributed by atoms with Crippen LogP contribution in [0, 0.1) is 13.8 Å². The highest BCUT2D eigenvalue weighted by Gasteiger charge is 2.27. The standard InChI is InChI=1S/C48H46N6O8/c1-29-24-33(25-30(2)45(29)62-47(58)44-36-26-34(60-4)16-18-40(36)53(3)41-19-17-35(61-5)27-37(41)44)46(57)52-28-51-43(56)21-20-42(55)49-22-23-50-48(59)54-38-12-8-6-10-31(38)14-15-32-11-7-9-13-39(32)54/h6-19,24-27H,20-23,28H2,1-5H3,(H3-,49,50,51,52,55,56,57,59)/p+1. The number of fused-ring (bicyclic) bond motifs is 4. The molecule has 7 rings (SSSR count). The van der Waals surface area contributed by atoms with Crippen molar-refractivity contribution in [3.8, 4) is 17.2 Å². The third-order valence-electron chi connectivity index (χ3n) is 10.6. The quantitative estimate of drug-likeness (QED) is 0.0259. The Morgan fingerprint density at radius 2 is 1.15 bits per heavy atom. The van der Waals surface area contributed by atoms with Crippen LogP contribution in [-0.4, -0.2) is 63.7 Å². The summed E-state index contributed by atoms with van der Waals surface area (Å²) in [5.41, 5.74) is 6.62. The van der Waals surface area contributed by atoms with E-state index in [4.69, 9.17) is 14.2 Å². The van der Waals surface area contributed by atoms with Crippen LogP contribution >= 0.6 is 0 Å². The van der Waals surface area contributed by atoms with Crippen LogP contribution in [0.5, 0.6) is 17.2 Å². The van der Waals surface area contributed by atoms with E-state index in [-0.39, 0.29) is 44.5 Å². The van der Waals surface area contributed by atoms with Crippen molar-refractivity contribution in [1.82, 2.24) is 21.3 Å². The number of urea groups is 1. The summed E-state index contributed by atoms with van der Waals surface area (Å²) in [4.78, 5) is 67.3. The smallest absolute Gasteiger partial charge is 0.345 e. The topological polar surface area (TPSA) is 168 Å². The van der Waals surface area contributed by atoms with Crippen LogP contribution < -0.4 is 44.9 Å². The largest absolute Gasteiger partial charge is 0.497 e. The number of hydrogen-bond donors (Lipinski definition) is 4. The molecule has 0 fully saturated rings. The fourth-order valence-corrected chi connectivity index (χ4v) is 7.52. The molecule has 5 aromatic carbocycles. The van der Waals surface area contributed by atoms with Crippen LogP contribution in [0.4, 0.5) is 16.2 Å². The van der Waals surface area contributed by atoms with Crippen molar-refractivity contribution in [2.24, 2.45) is 7.05 Å². The van der Waals surface area contributed by atoms with Gasteiger partial charge in [0, 0.05) is 43.6 Å². The monoisotopic (exact) mass is 835 g/mol. The summed E-state index contributed by atoms with van der Waals surface area (Å²) in [5, 5.41) is 12.1. The van der Waals surface area contributed by atoms with Crippen LogP contribution in [-0.2, 0) is 16.6 Å². The molecule has 0 atom stereocenters. The molecule has 0 unspecified atom stereocenters. The van der Waals surface area contributed by atoms with Crippen molar-refractivity contribution in [3.05, 3.63) is 130 Å². The van der Waals surface area contributed by atoms with Gasteiger partial charge in [0.25, 0.3) is 5.91 Å². The highest BCUT2D eigenvalue weighted by atomic mass is 16.5. The molecule has 62 heavy (non-hydrogen) atoms. The number of carbonyl (C=O) groups is 5. The van der Waals surface area contributed by atoms with Gasteiger partial charge >= 0.3 is 12.0 Å². The fraction of sp³-hybridized carbons (Fsp3) is 0.208. The third-order valence-corrected chi connectivity index (χ3v) is 10.6. The van der Waals surface area contributed by atoms with Gasteiger partial charge in [-0.25, -0.2) is 9.59 Å². The molecule has 0 radical (unpaired) electrons. The maximum Gasteiger partial charge on any atom is 0.345 e. The number of anilines is 2. The summed E-state index contributed by atoms with van der Waals surface area (Å²) in [5.74, 6) is -0.367. The number of rotatable bonds is 13. The lowest BCUT2D eigenvalue weighted by Crippen LogP contribution is -2.41. The Kier molecular flexibility index (Phi) is 12.8. The lowest BCUT2D eigenvalue weighted by atomic mass is 10.0. The van der Waals surface area contributed by atoms with Gasteiger partial charge in [0.05, 0.1) is 48.6 Å². The van der Waals surface area contributed by atoms with Crippen molar-refractivity contribution < 1.29 is 42.8 Å². The number of amides is 5. The Morgan fingerprint density at radius 1 is 0.629 bits per heavy atom. The highest BCUT2D eigenvalue weighted by molar-refractivity contribution is 6.14. The van der Waals surface area contributed by atoms with E-state index in [0.717, 1.165) is 33.5 Å². The van der Waals surface area contributed by atoms with Gasteiger partial charge in [0.15, 0.2) is 0 Å². The van der Waals surface area contributed by atoms with E-state index in [1.54, 1.807) is 57.2 Å². The van der Waals surface area contributed by atoms with Gasteiger partial charge in [-0.05, 0) is 84.6 Å². The van der Waals surface area contributed by atoms with Crippen molar-refractivity contribution in [2.45, 2.75) is 26.7 Å². The Balaban J connectivity index is 0.892. The molecule has 1 aliphatic heterocycles. The lowest BCUT2D eigenvalue weighted by molar-refractivity contribution is -0.617. The Hall–Kier alpha value is -7.74. The highest BCUT2D eigenvalue weighted by Crippen LogP contribution is 2.36. The summed E-state index contributed by atoms with van der Waals surface area (Å²) >= 11 is 0. The maximum atomic E-state index is 14.1. The zero-order valence-electron chi connectivity index (χ0n) is 35.1. The first kappa shape index (κ1) is 42.4. The summed E-state index contributed by atoms with van der Waals surface area (Å²) in [7, 11) is 5.04. The number of hydrogen-bond acceptors (Lipinski definition) is 8. The Bertz CT molecular complexity index is 2650. The van der Waals surface area contributed by atoms with Crippen molar-refractivity contribution >= 4 is 75.1 Å². The second kappa shape index (κ2) is 18.7. The first-order valence-corrected chi connectivity index (χ1v) is 20.0. The van der Waals surface area contributed by atoms with Gasteiger partial charge in [-0.2, -0.15) is 4.57 Å². The average molecular weight is 836 g/mol. The number of nitrogens with one attached hydrogen (secondary N) is 4. The number of nitrogens with zero attached hydrogens (tertiary/aromatic N) is 2. The summed E-state index contributed by atoms with van der Waals surface area (Å²) in [6.07, 6.45) is 3.75. The summed E-state index contributed by atoms with van der Waals surface area (Å²) in [6.45, 7) is 3.65. The predicted molar refractivity (Wildman–Crippen MR) is 237 cm³/mol. The minimum Gasteiger partial charge on any atom is -0.497 e. The molecule has 0 bridgehead atoms. The first-order valence-electron chi connectivity index (χ1n) is 20.0. The number of aryl methyl sites for hydroxylation is 3. The van der Waals surface area contributed by atoms with E-state index in [9.17, 15) is 24.0 Å². The van der Waals surface area contributed by atoms with Gasteiger partial charge in [-0.15, -0.1) is 0 Å². The average Bonchev–Trinajstić information content (AvgIpc) is 3.45. The van der Waals surface area contributed by atoms with E-state index in [0.29, 0.717) is 50.3 Å². The molecule has 6 aromatic rings. The number of benzene rings is 5. The summed E-state index contributed by atoms with van der Waals surface area (Å²) < 4.78 is 19.0. The van der Waals surface area contributed by atoms with Crippen molar-refractivity contribution in [1.29, 1.82) is 0 Å². The van der Waals surface area contributed by atoms with Gasteiger partial charge in [0.2, 0.25) is 22.8 Å². The minimum atomic E-state index is -0.590. The maximum absolute atomic E-state index is 14.1. The molecular formula is C48H47N6O8+. The van der Waals surface area contributed by atoms with Crippen LogP contribution in [0.2, 0.25) is 0 Å². The molecule has 1 aromatic heterocycles. The molecular weight excluding hydrogens is 789 g/mol. The molecule has 0 spiro atoms. The SMILES string of the molecule is COc1ccc2c(c1)c(C(=O)Oc1c(C)cc(C(=O)NCNC(=O)CCC(=O)NCCNC(=O)N3c4ccccc4C=Cc4ccccc43)cc1C)c1cc(OC)ccc1[n+]2C. The van der Waals surface area contributed by atoms with Gasteiger partial charge in [0.1, 0.15) is 24.3 Å². The number of carbonyl (C=O) groups excluding carboxylic acids is 5. The Morgan fingerprint density at radius 3 is 1.69 bits per heavy atom. The number of aromatic nitrogens is 1. The summed E-state index contributed by atoms with van der Waals surface area (Å²) in [6, 6.07) is 29.1. The zero-order chi connectivity index (χ0) is 43.9. The molecule has 14 nitrogen and oxygen atoms in total. The van der Waals surface area contributed by atoms with E-state index < -0.39 is 17.8 Å². The number of pyridine rings is 1. The lowest BCUT2D eigenvalue weighted by Gasteiger charge is -2.25. The molecule has 0 saturated carbocycles. The molecule has 316 valence electrons. The molecule has 14 heteroatoms. The van der Waals surface area contributed by atoms with Gasteiger partial charge in [-0.3, -0.25) is 19.3 Å². The fourth-order valence-electron chi connectivity index (χ4n) is 7.52. The number of esters is 1. The number of para-hydroxylation sites is 2. The van der Waals surface area contributed by atoms with Crippen LogP contribution in [0.25, 0.3) is 34.0 Å². The van der Waals surface area contributed by atoms with Crippen LogP contribution in [0.3, 0.4) is 0 Å². The van der Waals surface area contributed by atoms with Crippen LogP contribution in [0.1, 0.15) is 55.8 Å². The first-order chi connectivity index (χ1) is 30.0. The number of ether oxygens (including phenoxy) is 3. The molecule has 2 heterocycles. The normalized spacial score (nSPS) is 11.5. The van der Waals surface area contributed by atoms with Crippen LogP contribution in [0.15, 0.2) is 97.1 Å². The second-order valence-electron chi connectivity index (χ2n) is 14.7. The van der Waals surface area contributed by atoms with E-state index in [2.05, 4.69) is 21.3 Å². The third kappa shape index (κ3) is 9.04. The van der Waals surface area contributed by atoms with E-state index in [1.165, 1.54) is 0 Å². The zero-order valence-corrected chi connectivity index (χ0v) is 35.1.